The van der Waals surface area contributed by atoms with Gasteiger partial charge in [-0.15, -0.1) is 0 Å². The van der Waals surface area contributed by atoms with E-state index in [2.05, 4.69) is 121 Å². The molecule has 11 aromatic rings. The van der Waals surface area contributed by atoms with Crippen molar-refractivity contribution in [2.45, 2.75) is 0 Å². The fourth-order valence-corrected chi connectivity index (χ4v) is 8.24. The minimum atomic E-state index is 0.549. The number of nitriles is 1. The first kappa shape index (κ1) is 38.0. The summed E-state index contributed by atoms with van der Waals surface area (Å²) >= 11 is 0. The quantitative estimate of drug-likeness (QED) is 0.152. The normalized spacial score (nSPS) is 11.1. The highest BCUT2D eigenvalue weighted by Crippen LogP contribution is 2.35. The van der Waals surface area contributed by atoms with Crippen molar-refractivity contribution in [3.63, 3.8) is 0 Å². The lowest BCUT2D eigenvalue weighted by atomic mass is 9.94. The highest BCUT2D eigenvalue weighted by molar-refractivity contribution is 5.89. The Hall–Kier alpha value is -8.92. The third-order valence-corrected chi connectivity index (χ3v) is 11.5. The van der Waals surface area contributed by atoms with E-state index in [1.165, 1.54) is 5.39 Å². The monoisotopic (exact) mass is 816 g/mol. The number of rotatable bonds is 8. The predicted octanol–water partition coefficient (Wildman–Crippen LogP) is 14.2. The third kappa shape index (κ3) is 7.55. The topological polar surface area (TPSA) is 88.2 Å². The highest BCUT2D eigenvalue weighted by Gasteiger charge is 2.16. The molecule has 0 N–H and O–H groups in total. The molecule has 0 aliphatic carbocycles. The van der Waals surface area contributed by atoms with Gasteiger partial charge < -0.3 is 0 Å². The molecular formula is C58H36N6. The van der Waals surface area contributed by atoms with Crippen LogP contribution in [-0.2, 0) is 0 Å². The Morgan fingerprint density at radius 1 is 0.266 bits per heavy atom. The summed E-state index contributed by atoms with van der Waals surface area (Å²) in [7, 11) is 0. The Morgan fingerprint density at radius 2 is 0.688 bits per heavy atom. The average molecular weight is 817 g/mol. The Balaban J connectivity index is 0.952. The number of benzene rings is 9. The van der Waals surface area contributed by atoms with Crippen LogP contribution in [0.4, 0.5) is 0 Å². The highest BCUT2D eigenvalue weighted by atomic mass is 15.0. The van der Waals surface area contributed by atoms with Gasteiger partial charge >= 0.3 is 0 Å². The second-order valence-electron chi connectivity index (χ2n) is 15.7. The van der Waals surface area contributed by atoms with Crippen LogP contribution < -0.4 is 0 Å². The summed E-state index contributed by atoms with van der Waals surface area (Å²) in [6.07, 6.45) is 0. The zero-order valence-electron chi connectivity index (χ0n) is 34.5. The van der Waals surface area contributed by atoms with E-state index < -0.39 is 0 Å². The summed E-state index contributed by atoms with van der Waals surface area (Å²) < 4.78 is 0. The van der Waals surface area contributed by atoms with Crippen LogP contribution in [0.3, 0.4) is 0 Å². The number of hydrogen-bond donors (Lipinski definition) is 0. The molecule has 0 radical (unpaired) electrons. The van der Waals surface area contributed by atoms with Crippen LogP contribution in [-0.4, -0.2) is 24.9 Å². The maximum absolute atomic E-state index is 10.6. The van der Waals surface area contributed by atoms with E-state index in [1.54, 1.807) is 0 Å². The first-order valence-corrected chi connectivity index (χ1v) is 21.1. The van der Waals surface area contributed by atoms with Crippen molar-refractivity contribution in [3.05, 3.63) is 224 Å². The maximum atomic E-state index is 10.6. The molecule has 0 aliphatic rings. The molecule has 64 heavy (non-hydrogen) atoms. The molecule has 0 unspecified atom stereocenters. The Labute approximate surface area is 370 Å². The predicted molar refractivity (Wildman–Crippen MR) is 259 cm³/mol. The average Bonchev–Trinajstić information content (AvgIpc) is 3.38. The lowest BCUT2D eigenvalue weighted by Crippen LogP contribution is -2.00. The number of fused-ring (bicyclic) bond motifs is 2. The van der Waals surface area contributed by atoms with Gasteiger partial charge in [-0.1, -0.05) is 182 Å². The molecule has 0 atom stereocenters. The molecule has 0 amide bonds. The van der Waals surface area contributed by atoms with Crippen LogP contribution in [0, 0.1) is 11.3 Å². The van der Waals surface area contributed by atoms with Crippen LogP contribution >= 0.6 is 0 Å². The number of aromatic nitrogens is 5. The summed E-state index contributed by atoms with van der Waals surface area (Å²) in [4.78, 5) is 25.2. The molecule has 0 aliphatic heterocycles. The zero-order valence-corrected chi connectivity index (χ0v) is 34.5. The van der Waals surface area contributed by atoms with Gasteiger partial charge in [0, 0.05) is 33.4 Å². The zero-order chi connectivity index (χ0) is 42.8. The standard InChI is InChI=1S/C58H36N6/c59-37-51-34-45(44-21-11-23-48(33-44)56-60-53(40-15-3-1-4-16-40)36-54(61-56)47-27-25-38-13-7-9-19-42(38)31-47)29-30-52(51)46-22-12-24-49(35-46)57-62-55(41-17-5-2-6-18-41)63-58(64-57)50-28-26-39-14-8-10-20-43(39)32-50/h1-36H. The van der Waals surface area contributed by atoms with Crippen LogP contribution in [0.2, 0.25) is 0 Å². The maximum Gasteiger partial charge on any atom is 0.164 e. The lowest BCUT2D eigenvalue weighted by Gasteiger charge is -2.12. The molecular weight excluding hydrogens is 781 g/mol. The Morgan fingerprint density at radius 3 is 1.33 bits per heavy atom. The largest absolute Gasteiger partial charge is 0.228 e. The molecule has 6 nitrogen and oxygen atoms in total. The van der Waals surface area contributed by atoms with Gasteiger partial charge in [0.1, 0.15) is 0 Å². The van der Waals surface area contributed by atoms with Crippen molar-refractivity contribution in [1.82, 2.24) is 24.9 Å². The summed E-state index contributed by atoms with van der Waals surface area (Å²) in [5, 5.41) is 15.2. The van der Waals surface area contributed by atoms with Crippen molar-refractivity contribution in [2.24, 2.45) is 0 Å². The van der Waals surface area contributed by atoms with Crippen LogP contribution in [0.5, 0.6) is 0 Å². The molecule has 9 aromatic carbocycles. The molecule has 6 heteroatoms. The Bertz CT molecular complexity index is 3580. The van der Waals surface area contributed by atoms with Crippen LogP contribution in [0.25, 0.3) is 112 Å². The van der Waals surface area contributed by atoms with Crippen LogP contribution in [0.1, 0.15) is 5.56 Å². The van der Waals surface area contributed by atoms with Gasteiger partial charge in [-0.25, -0.2) is 24.9 Å². The number of nitrogens with zero attached hydrogens (tertiary/aromatic N) is 6. The van der Waals surface area contributed by atoms with Gasteiger partial charge in [0.15, 0.2) is 23.3 Å². The van der Waals surface area contributed by atoms with Crippen molar-refractivity contribution in [1.29, 1.82) is 5.26 Å². The molecule has 2 heterocycles. The van der Waals surface area contributed by atoms with E-state index in [0.29, 0.717) is 28.9 Å². The summed E-state index contributed by atoms with van der Waals surface area (Å²) in [6, 6.07) is 76.4. The van der Waals surface area contributed by atoms with Crippen molar-refractivity contribution < 1.29 is 0 Å². The first-order chi connectivity index (χ1) is 31.6. The number of hydrogen-bond acceptors (Lipinski definition) is 6. The van der Waals surface area contributed by atoms with E-state index in [1.807, 2.05) is 103 Å². The lowest BCUT2D eigenvalue weighted by molar-refractivity contribution is 1.07. The summed E-state index contributed by atoms with van der Waals surface area (Å²) in [5.41, 5.74) is 11.3. The molecule has 0 fully saturated rings. The second kappa shape index (κ2) is 16.5. The van der Waals surface area contributed by atoms with Crippen molar-refractivity contribution in [3.8, 4) is 96.4 Å². The fourth-order valence-electron chi connectivity index (χ4n) is 8.24. The minimum absolute atomic E-state index is 0.549. The third-order valence-electron chi connectivity index (χ3n) is 11.5. The SMILES string of the molecule is N#Cc1cc(-c2cccc(-c3nc(-c4ccccc4)cc(-c4ccc5ccccc5c4)n3)c2)ccc1-c1cccc(-c2nc(-c3ccccc3)nc(-c3ccc4ccccc4c3)n2)c1. The van der Waals surface area contributed by atoms with Gasteiger partial charge in [0.05, 0.1) is 23.0 Å². The first-order valence-electron chi connectivity index (χ1n) is 21.1. The molecule has 2 aromatic heterocycles. The summed E-state index contributed by atoms with van der Waals surface area (Å²) in [5.74, 6) is 2.35. The van der Waals surface area contributed by atoms with E-state index >= 15 is 0 Å². The van der Waals surface area contributed by atoms with Crippen molar-refractivity contribution in [2.75, 3.05) is 0 Å². The Kier molecular flexibility index (Phi) is 9.81. The molecule has 11 rings (SSSR count). The van der Waals surface area contributed by atoms with Crippen LogP contribution in [0.15, 0.2) is 218 Å². The molecule has 0 bridgehead atoms. The van der Waals surface area contributed by atoms with Gasteiger partial charge in [-0.2, -0.15) is 5.26 Å². The van der Waals surface area contributed by atoms with Gasteiger partial charge in [-0.05, 0) is 80.2 Å². The van der Waals surface area contributed by atoms with E-state index in [0.717, 1.165) is 83.2 Å². The van der Waals surface area contributed by atoms with Gasteiger partial charge in [-0.3, -0.25) is 0 Å². The van der Waals surface area contributed by atoms with E-state index in [-0.39, 0.29) is 0 Å². The molecule has 0 saturated heterocycles. The van der Waals surface area contributed by atoms with Crippen molar-refractivity contribution >= 4 is 21.5 Å². The molecule has 0 spiro atoms. The summed E-state index contributed by atoms with van der Waals surface area (Å²) in [6.45, 7) is 0. The molecule has 298 valence electrons. The minimum Gasteiger partial charge on any atom is -0.228 e. The van der Waals surface area contributed by atoms with E-state index in [9.17, 15) is 5.26 Å². The van der Waals surface area contributed by atoms with E-state index in [4.69, 9.17) is 24.9 Å². The fraction of sp³-hybridized carbons (Fsp3) is 0. The van der Waals surface area contributed by atoms with Gasteiger partial charge in [0.25, 0.3) is 0 Å². The smallest absolute Gasteiger partial charge is 0.164 e. The second-order valence-corrected chi connectivity index (χ2v) is 15.7. The molecule has 0 saturated carbocycles. The van der Waals surface area contributed by atoms with Gasteiger partial charge in [0.2, 0.25) is 0 Å².